The summed E-state index contributed by atoms with van der Waals surface area (Å²) in [6.07, 6.45) is 14.7. The van der Waals surface area contributed by atoms with E-state index in [1.54, 1.807) is 24.8 Å². The van der Waals surface area contributed by atoms with Gasteiger partial charge in [-0.15, -0.1) is 0 Å². The Morgan fingerprint density at radius 3 is 0.621 bits per heavy atom. The maximum atomic E-state index is 12.3. The van der Waals surface area contributed by atoms with Crippen LogP contribution in [0.4, 0.5) is 92.0 Å². The van der Waals surface area contributed by atoms with Crippen LogP contribution in [0.2, 0.25) is 0 Å². The molecule has 8 aliphatic heterocycles. The van der Waals surface area contributed by atoms with Gasteiger partial charge in [0.05, 0.1) is 99.8 Å². The Morgan fingerprint density at radius 1 is 0.250 bits per heavy atom. The first kappa shape index (κ1) is 90.0. The molecule has 0 aliphatic carbocycles. The summed E-state index contributed by atoms with van der Waals surface area (Å²) in [6.45, 7) is 17.1. The number of ether oxygens (including phenoxy) is 4. The number of hydrogen-bond acceptors (Lipinski definition) is 28. The molecule has 0 spiro atoms. The molecule has 8 aromatic carbocycles. The smallest absolute Gasteiger partial charge is 0.241 e. The van der Waals surface area contributed by atoms with Gasteiger partial charge in [0.25, 0.3) is 0 Å². The van der Waals surface area contributed by atoms with Crippen LogP contribution < -0.4 is 83.4 Å². The number of aromatic nitrogens is 8. The Balaban J connectivity index is 0.000000123. The number of hydrogen-bond donors (Lipinski definition) is 12. The van der Waals surface area contributed by atoms with Crippen LogP contribution in [0.15, 0.2) is 243 Å². The molecule has 0 bridgehead atoms. The third-order valence-electron chi connectivity index (χ3n) is 23.9. The summed E-state index contributed by atoms with van der Waals surface area (Å²) >= 11 is 0. The monoisotopic (exact) mass is 1780 g/mol. The topological polar surface area (TPSA) is 366 Å². The summed E-state index contributed by atoms with van der Waals surface area (Å²) in [5.41, 5.74) is 18.7. The van der Waals surface area contributed by atoms with E-state index in [0.717, 1.165) is 273 Å². The lowest BCUT2D eigenvalue weighted by Gasteiger charge is -2.28. The zero-order valence-corrected chi connectivity index (χ0v) is 73.8. The van der Waals surface area contributed by atoms with Gasteiger partial charge in [-0.3, -0.25) is 19.2 Å². The van der Waals surface area contributed by atoms with E-state index in [0.29, 0.717) is 23.8 Å². The van der Waals surface area contributed by atoms with Crippen molar-refractivity contribution in [1.82, 2.24) is 61.1 Å². The molecule has 12 N–H and O–H groups in total. The first-order chi connectivity index (χ1) is 65.0. The van der Waals surface area contributed by atoms with Crippen molar-refractivity contribution in [1.29, 1.82) is 0 Å². The lowest BCUT2D eigenvalue weighted by molar-refractivity contribution is -0.118. The Hall–Kier alpha value is -14.0. The van der Waals surface area contributed by atoms with Gasteiger partial charge >= 0.3 is 0 Å². The minimum absolute atomic E-state index is 0.0217. The van der Waals surface area contributed by atoms with Crippen molar-refractivity contribution in [2.75, 3.05) is 194 Å². The molecule has 4 aromatic heterocycles. The number of nitrogens with zero attached hydrogens (tertiary/aromatic N) is 12. The van der Waals surface area contributed by atoms with Gasteiger partial charge in [-0.05, 0) is 247 Å². The molecule has 32 nitrogen and oxygen atoms in total. The van der Waals surface area contributed by atoms with Gasteiger partial charge in [0.2, 0.25) is 47.4 Å². The van der Waals surface area contributed by atoms with Crippen molar-refractivity contribution >= 4 is 116 Å². The minimum atomic E-state index is -0.0943. The van der Waals surface area contributed by atoms with Crippen molar-refractivity contribution in [2.45, 2.75) is 75.5 Å². The lowest BCUT2D eigenvalue weighted by atomic mass is 10.1. The molecule has 12 heterocycles. The molecule has 8 fully saturated rings. The van der Waals surface area contributed by atoms with E-state index in [2.05, 4.69) is 172 Å². The zero-order chi connectivity index (χ0) is 89.8. The molecular weight excluding hydrogens is 1670 g/mol. The summed E-state index contributed by atoms with van der Waals surface area (Å²) in [6, 6.07) is 71.2. The number of carbonyl (C=O) groups excluding carboxylic acids is 4. The fraction of sp³-hybridized carbons (Fsp3) is 0.320. The maximum absolute atomic E-state index is 12.3. The highest BCUT2D eigenvalue weighted by Gasteiger charge is 2.27. The molecule has 4 atom stereocenters. The average molecular weight is 1780 g/mol. The Labute approximate surface area is 768 Å². The number of anilines is 16. The fourth-order valence-electron chi connectivity index (χ4n) is 16.6. The highest BCUT2D eigenvalue weighted by Crippen LogP contribution is 2.32. The number of nitrogens with one attached hydrogen (secondary N) is 12. The predicted molar refractivity (Wildman–Crippen MR) is 520 cm³/mol. The molecule has 32 heteroatoms. The first-order valence-corrected chi connectivity index (χ1v) is 45.7. The Bertz CT molecular complexity index is 5010. The summed E-state index contributed by atoms with van der Waals surface area (Å²) < 4.78 is 21.7. The van der Waals surface area contributed by atoms with Gasteiger partial charge in [0, 0.05) is 168 Å². The van der Waals surface area contributed by atoms with Crippen molar-refractivity contribution < 1.29 is 38.1 Å². The maximum Gasteiger partial charge on any atom is 0.241 e. The lowest BCUT2D eigenvalue weighted by Crippen LogP contribution is -2.36. The van der Waals surface area contributed by atoms with Crippen molar-refractivity contribution in [3.63, 3.8) is 0 Å². The third kappa shape index (κ3) is 25.4. The zero-order valence-electron chi connectivity index (χ0n) is 73.8. The second-order valence-corrected chi connectivity index (χ2v) is 33.0. The molecule has 0 unspecified atom stereocenters. The van der Waals surface area contributed by atoms with Crippen LogP contribution in [-0.2, 0) is 38.1 Å². The third-order valence-corrected chi connectivity index (χ3v) is 23.9. The van der Waals surface area contributed by atoms with E-state index in [1.165, 1.54) is 22.7 Å². The fourth-order valence-corrected chi connectivity index (χ4v) is 16.6. The Morgan fingerprint density at radius 2 is 0.439 bits per heavy atom. The molecular formula is C100H112N24O8. The van der Waals surface area contributed by atoms with Crippen LogP contribution in [0.1, 0.15) is 51.4 Å². The van der Waals surface area contributed by atoms with E-state index in [1.807, 2.05) is 170 Å². The number of morpholine rings is 4. The second kappa shape index (κ2) is 45.5. The molecule has 12 aromatic rings. The standard InChI is InChI=1S/4C25H28N6O2/c4*32-24(23-2-1-12-26-23)28-19-5-3-18(4-6-19)22-11-13-27-25(30-22)29-20-7-9-21(10-8-20)31-14-16-33-17-15-31/h4*3-11,13,23,26H,1-2,12,14-17H2,(H,28,32)(H,27,29,30)/t4*23-/m0000/s1. The summed E-state index contributed by atoms with van der Waals surface area (Å²) in [5.74, 6) is 2.24. The average Bonchev–Trinajstić information content (AvgIpc) is 1.05. The number of carbonyl (C=O) groups is 4. The van der Waals surface area contributed by atoms with E-state index >= 15 is 0 Å². The summed E-state index contributed by atoms with van der Waals surface area (Å²) in [5, 5.41) is 37.9. The highest BCUT2D eigenvalue weighted by atomic mass is 16.5. The number of benzene rings is 8. The number of amides is 4. The molecule has 4 amide bonds. The number of rotatable bonds is 24. The molecule has 8 saturated heterocycles. The molecule has 0 saturated carbocycles. The SMILES string of the molecule is O=C(Nc1ccc(-c2ccnc(Nc3ccc(N4CCOCC4)cc3)n2)cc1)[C@@H]1CCCN1.O=C(Nc1ccc(-c2ccnc(Nc3ccc(N4CCOCC4)cc3)n2)cc1)[C@@H]1CCCN1.O=C(Nc1ccc(-c2ccnc(Nc3ccc(N4CCOCC4)cc3)n2)cc1)[C@@H]1CCCN1.O=C(Nc1ccc(-c2ccnc(Nc3ccc(N4CCOCC4)cc3)n2)cc1)[C@@H]1CCCN1. The summed E-state index contributed by atoms with van der Waals surface area (Å²) in [7, 11) is 0. The van der Waals surface area contributed by atoms with E-state index in [4.69, 9.17) is 18.9 Å². The molecule has 132 heavy (non-hydrogen) atoms. The van der Waals surface area contributed by atoms with Gasteiger partial charge in [0.1, 0.15) is 0 Å². The predicted octanol–water partition coefficient (Wildman–Crippen LogP) is 13.7. The van der Waals surface area contributed by atoms with Crippen LogP contribution in [-0.4, -0.2) is 219 Å². The second-order valence-electron chi connectivity index (χ2n) is 33.0. The van der Waals surface area contributed by atoms with Gasteiger partial charge < -0.3 is 102 Å². The normalized spacial score (nSPS) is 18.2. The molecule has 8 aliphatic rings. The van der Waals surface area contributed by atoms with Crippen LogP contribution in [0, 0.1) is 0 Å². The highest BCUT2D eigenvalue weighted by molar-refractivity contribution is 5.97. The van der Waals surface area contributed by atoms with Crippen LogP contribution in [0.3, 0.4) is 0 Å². The largest absolute Gasteiger partial charge is 0.378 e. The summed E-state index contributed by atoms with van der Waals surface area (Å²) in [4.78, 5) is 94.5. The van der Waals surface area contributed by atoms with Crippen molar-refractivity contribution in [3.8, 4) is 45.0 Å². The van der Waals surface area contributed by atoms with E-state index in [9.17, 15) is 19.2 Å². The van der Waals surface area contributed by atoms with E-state index in [-0.39, 0.29) is 47.8 Å². The quantitative estimate of drug-likeness (QED) is 0.0267. The molecule has 0 radical (unpaired) electrons. The van der Waals surface area contributed by atoms with Crippen LogP contribution in [0.5, 0.6) is 0 Å². The first-order valence-electron chi connectivity index (χ1n) is 45.7. The molecule has 680 valence electrons. The van der Waals surface area contributed by atoms with Gasteiger partial charge in [-0.25, -0.2) is 39.9 Å². The minimum Gasteiger partial charge on any atom is -0.378 e. The van der Waals surface area contributed by atoms with Crippen LogP contribution in [0.25, 0.3) is 45.0 Å². The van der Waals surface area contributed by atoms with E-state index < -0.39 is 0 Å². The Kier molecular flexibility index (Phi) is 31.0. The van der Waals surface area contributed by atoms with Gasteiger partial charge in [-0.2, -0.15) is 0 Å². The van der Waals surface area contributed by atoms with Crippen LogP contribution >= 0.6 is 0 Å². The van der Waals surface area contributed by atoms with Gasteiger partial charge in [-0.1, -0.05) is 48.5 Å². The van der Waals surface area contributed by atoms with Crippen molar-refractivity contribution in [2.24, 2.45) is 0 Å². The molecule has 20 rings (SSSR count). The van der Waals surface area contributed by atoms with Crippen molar-refractivity contribution in [3.05, 3.63) is 243 Å². The van der Waals surface area contributed by atoms with Gasteiger partial charge in [0.15, 0.2) is 0 Å².